The fourth-order valence-corrected chi connectivity index (χ4v) is 0.780. The standard InChI is InChI=1S/C5H7F2NO2/c6-5(7)1-3(2-8)10-4(5)9/h3H,1-2,8H2. The van der Waals surface area contributed by atoms with E-state index in [1.54, 1.807) is 0 Å². The van der Waals surface area contributed by atoms with E-state index in [0.29, 0.717) is 0 Å². The fraction of sp³-hybridized carbons (Fsp3) is 0.800. The smallest absolute Gasteiger partial charge is 0.377 e. The number of nitrogens with two attached hydrogens (primary N) is 1. The van der Waals surface area contributed by atoms with Gasteiger partial charge in [-0.05, 0) is 0 Å². The van der Waals surface area contributed by atoms with Crippen LogP contribution in [-0.2, 0) is 9.53 Å². The van der Waals surface area contributed by atoms with E-state index in [2.05, 4.69) is 4.74 Å². The van der Waals surface area contributed by atoms with Crippen molar-refractivity contribution < 1.29 is 18.3 Å². The van der Waals surface area contributed by atoms with Gasteiger partial charge in [0.1, 0.15) is 6.10 Å². The summed E-state index contributed by atoms with van der Waals surface area (Å²) in [6.45, 7) is -0.0403. The van der Waals surface area contributed by atoms with Crippen LogP contribution in [0.25, 0.3) is 0 Å². The summed E-state index contributed by atoms with van der Waals surface area (Å²) in [5.41, 5.74) is 5.01. The third-order valence-electron chi connectivity index (χ3n) is 1.32. The molecule has 1 aliphatic rings. The first-order valence-electron chi connectivity index (χ1n) is 2.85. The zero-order valence-electron chi connectivity index (χ0n) is 5.14. The highest BCUT2D eigenvalue weighted by molar-refractivity contribution is 5.79. The minimum atomic E-state index is -3.32. The Kier molecular flexibility index (Phi) is 1.60. The molecule has 1 saturated heterocycles. The van der Waals surface area contributed by atoms with Gasteiger partial charge >= 0.3 is 11.9 Å². The van der Waals surface area contributed by atoms with Crippen LogP contribution < -0.4 is 5.73 Å². The maximum Gasteiger partial charge on any atom is 0.377 e. The van der Waals surface area contributed by atoms with Gasteiger partial charge in [0.25, 0.3) is 0 Å². The Hall–Kier alpha value is -0.710. The number of esters is 1. The van der Waals surface area contributed by atoms with E-state index in [0.717, 1.165) is 0 Å². The highest BCUT2D eigenvalue weighted by Gasteiger charge is 2.50. The van der Waals surface area contributed by atoms with Crippen molar-refractivity contribution in [1.29, 1.82) is 0 Å². The molecule has 0 aliphatic carbocycles. The summed E-state index contributed by atoms with van der Waals surface area (Å²) in [5.74, 6) is -4.77. The molecular formula is C5H7F2NO2. The highest BCUT2D eigenvalue weighted by atomic mass is 19.3. The van der Waals surface area contributed by atoms with Crippen molar-refractivity contribution in [3.05, 3.63) is 0 Å². The minimum absolute atomic E-state index is 0.0403. The monoisotopic (exact) mass is 151 g/mol. The number of cyclic esters (lactones) is 1. The number of halogens is 2. The largest absolute Gasteiger partial charge is 0.456 e. The normalized spacial score (nSPS) is 30.3. The predicted molar refractivity (Wildman–Crippen MR) is 28.5 cm³/mol. The molecule has 58 valence electrons. The number of carbonyl (C=O) groups is 1. The van der Waals surface area contributed by atoms with E-state index in [4.69, 9.17) is 5.73 Å². The summed E-state index contributed by atoms with van der Waals surface area (Å²) < 4.78 is 28.7. The quantitative estimate of drug-likeness (QED) is 0.532. The number of carbonyl (C=O) groups excluding carboxylic acids is 1. The topological polar surface area (TPSA) is 52.3 Å². The molecule has 1 rings (SSSR count). The number of rotatable bonds is 1. The molecule has 1 fully saturated rings. The summed E-state index contributed by atoms with van der Waals surface area (Å²) in [6, 6.07) is 0. The number of alkyl halides is 2. The lowest BCUT2D eigenvalue weighted by Gasteiger charge is -2.01. The van der Waals surface area contributed by atoms with Gasteiger partial charge in [-0.25, -0.2) is 4.79 Å². The summed E-state index contributed by atoms with van der Waals surface area (Å²) >= 11 is 0. The van der Waals surface area contributed by atoms with E-state index in [9.17, 15) is 13.6 Å². The van der Waals surface area contributed by atoms with Crippen molar-refractivity contribution in [1.82, 2.24) is 0 Å². The molecule has 0 aromatic heterocycles. The molecule has 1 unspecified atom stereocenters. The zero-order valence-corrected chi connectivity index (χ0v) is 5.14. The Labute approximate surface area is 56.1 Å². The lowest BCUT2D eigenvalue weighted by atomic mass is 10.2. The van der Waals surface area contributed by atoms with Gasteiger partial charge in [-0.1, -0.05) is 0 Å². The number of ether oxygens (including phenoxy) is 1. The summed E-state index contributed by atoms with van der Waals surface area (Å²) in [6.07, 6.45) is -1.38. The second-order valence-electron chi connectivity index (χ2n) is 2.17. The van der Waals surface area contributed by atoms with Crippen LogP contribution in [-0.4, -0.2) is 24.5 Å². The van der Waals surface area contributed by atoms with Crippen molar-refractivity contribution >= 4 is 5.97 Å². The van der Waals surface area contributed by atoms with Gasteiger partial charge in [-0.2, -0.15) is 8.78 Å². The molecule has 1 heterocycles. The van der Waals surface area contributed by atoms with Gasteiger partial charge in [0.2, 0.25) is 0 Å². The van der Waals surface area contributed by atoms with Crippen LogP contribution in [0.5, 0.6) is 0 Å². The minimum Gasteiger partial charge on any atom is -0.456 e. The molecule has 1 aliphatic heterocycles. The Balaban J connectivity index is 2.62. The van der Waals surface area contributed by atoms with Crippen LogP contribution in [0.1, 0.15) is 6.42 Å². The molecule has 3 nitrogen and oxygen atoms in total. The Morgan fingerprint density at radius 2 is 2.40 bits per heavy atom. The van der Waals surface area contributed by atoms with Gasteiger partial charge in [-0.15, -0.1) is 0 Å². The second kappa shape index (κ2) is 2.16. The third-order valence-corrected chi connectivity index (χ3v) is 1.32. The molecule has 0 amide bonds. The van der Waals surface area contributed by atoms with E-state index >= 15 is 0 Å². The van der Waals surface area contributed by atoms with Gasteiger partial charge in [0.05, 0.1) is 6.42 Å². The molecule has 0 bridgehead atoms. The summed E-state index contributed by atoms with van der Waals surface area (Å²) in [5, 5.41) is 0. The SMILES string of the molecule is NCC1CC(F)(F)C(=O)O1. The molecule has 0 aromatic carbocycles. The van der Waals surface area contributed by atoms with Crippen LogP contribution in [0.15, 0.2) is 0 Å². The van der Waals surface area contributed by atoms with Crippen LogP contribution >= 0.6 is 0 Å². The average molecular weight is 151 g/mol. The maximum atomic E-state index is 12.2. The Morgan fingerprint density at radius 3 is 2.60 bits per heavy atom. The lowest BCUT2D eigenvalue weighted by Crippen LogP contribution is -2.22. The van der Waals surface area contributed by atoms with Gasteiger partial charge in [-0.3, -0.25) is 0 Å². The molecule has 2 N–H and O–H groups in total. The van der Waals surface area contributed by atoms with Crippen LogP contribution in [0.3, 0.4) is 0 Å². The lowest BCUT2D eigenvalue weighted by molar-refractivity contribution is -0.158. The van der Waals surface area contributed by atoms with E-state index in [-0.39, 0.29) is 6.54 Å². The van der Waals surface area contributed by atoms with Gasteiger partial charge < -0.3 is 10.5 Å². The average Bonchev–Trinajstić information content (AvgIpc) is 2.08. The van der Waals surface area contributed by atoms with Gasteiger partial charge in [0.15, 0.2) is 0 Å². The molecule has 0 saturated carbocycles. The number of hydrogen-bond donors (Lipinski definition) is 1. The molecular weight excluding hydrogens is 144 g/mol. The Morgan fingerprint density at radius 1 is 1.80 bits per heavy atom. The third kappa shape index (κ3) is 1.09. The predicted octanol–water partition coefficient (Wildman–Crippen LogP) is -0.104. The first kappa shape index (κ1) is 7.40. The van der Waals surface area contributed by atoms with Crippen molar-refractivity contribution in [2.45, 2.75) is 18.4 Å². The summed E-state index contributed by atoms with van der Waals surface area (Å²) in [4.78, 5) is 10.2. The van der Waals surface area contributed by atoms with Crippen LogP contribution in [0.2, 0.25) is 0 Å². The first-order chi connectivity index (χ1) is 4.56. The van der Waals surface area contributed by atoms with Crippen molar-refractivity contribution in [3.8, 4) is 0 Å². The molecule has 5 heteroatoms. The van der Waals surface area contributed by atoms with Gasteiger partial charge in [0, 0.05) is 6.54 Å². The van der Waals surface area contributed by atoms with Crippen LogP contribution in [0.4, 0.5) is 8.78 Å². The molecule has 0 aromatic rings. The maximum absolute atomic E-state index is 12.2. The Bertz CT molecular complexity index is 160. The zero-order chi connectivity index (χ0) is 7.78. The summed E-state index contributed by atoms with van der Waals surface area (Å²) in [7, 11) is 0. The second-order valence-corrected chi connectivity index (χ2v) is 2.17. The molecule has 0 radical (unpaired) electrons. The van der Waals surface area contributed by atoms with E-state index < -0.39 is 24.4 Å². The molecule has 0 spiro atoms. The van der Waals surface area contributed by atoms with Crippen molar-refractivity contribution in [2.75, 3.05) is 6.54 Å². The first-order valence-corrected chi connectivity index (χ1v) is 2.85. The molecule has 1 atom stereocenters. The fourth-order valence-electron chi connectivity index (χ4n) is 0.780. The van der Waals surface area contributed by atoms with Crippen molar-refractivity contribution in [3.63, 3.8) is 0 Å². The van der Waals surface area contributed by atoms with Crippen molar-refractivity contribution in [2.24, 2.45) is 5.73 Å². The van der Waals surface area contributed by atoms with Crippen LogP contribution in [0, 0.1) is 0 Å². The molecule has 10 heavy (non-hydrogen) atoms. The highest BCUT2D eigenvalue weighted by Crippen LogP contribution is 2.29. The number of hydrogen-bond acceptors (Lipinski definition) is 3. The van der Waals surface area contributed by atoms with E-state index in [1.807, 2.05) is 0 Å². The van der Waals surface area contributed by atoms with E-state index in [1.165, 1.54) is 0 Å².